The van der Waals surface area contributed by atoms with Gasteiger partial charge < -0.3 is 15.0 Å². The van der Waals surface area contributed by atoms with E-state index >= 15 is 0 Å². The van der Waals surface area contributed by atoms with Gasteiger partial charge in [-0.3, -0.25) is 14.3 Å². The molecule has 0 saturated carbocycles. The number of hydrogen-bond donors (Lipinski definition) is 2. The normalized spacial score (nSPS) is 14.9. The van der Waals surface area contributed by atoms with E-state index in [4.69, 9.17) is 0 Å². The van der Waals surface area contributed by atoms with Gasteiger partial charge in [-0.1, -0.05) is 6.08 Å². The second-order valence-electron chi connectivity index (χ2n) is 9.79. The van der Waals surface area contributed by atoms with Crippen LogP contribution in [0.3, 0.4) is 0 Å². The number of nitrogens with zero attached hydrogens (tertiary/aromatic N) is 4. The Bertz CT molecular complexity index is 1680. The zero-order chi connectivity index (χ0) is 28.0. The summed E-state index contributed by atoms with van der Waals surface area (Å²) < 4.78 is 32.6. The van der Waals surface area contributed by atoms with Crippen molar-refractivity contribution >= 4 is 28.3 Å². The molecule has 1 aliphatic rings. The van der Waals surface area contributed by atoms with E-state index in [-0.39, 0.29) is 22.9 Å². The summed E-state index contributed by atoms with van der Waals surface area (Å²) in [5.74, 6) is -2.22. The van der Waals surface area contributed by atoms with Crippen molar-refractivity contribution in [3.8, 4) is 5.69 Å². The van der Waals surface area contributed by atoms with Crippen molar-refractivity contribution in [1.29, 1.82) is 0 Å². The van der Waals surface area contributed by atoms with E-state index in [1.807, 2.05) is 23.8 Å². The summed E-state index contributed by atoms with van der Waals surface area (Å²) in [4.78, 5) is 30.8. The summed E-state index contributed by atoms with van der Waals surface area (Å²) in [5, 5.41) is 12.6. The molecule has 0 radical (unpaired) electrons. The predicted molar refractivity (Wildman–Crippen MR) is 146 cm³/mol. The third-order valence-electron chi connectivity index (χ3n) is 7.55. The SMILES string of the molecule is CNc1cc(=O)n(-c2ccnc3c2cc([C@H](C)N2CC=C(c4c(C)cc(C(=O)O)cc4F)CC2)n3C)cc1F. The Morgan fingerprint density at radius 1 is 1.18 bits per heavy atom. The molecule has 2 N–H and O–H groups in total. The van der Waals surface area contributed by atoms with Gasteiger partial charge in [-0.25, -0.2) is 18.6 Å². The number of pyridine rings is 2. The maximum absolute atomic E-state index is 14.8. The molecule has 0 spiro atoms. The number of fused-ring (bicyclic) bond motifs is 1. The zero-order valence-corrected chi connectivity index (χ0v) is 22.1. The molecule has 1 aliphatic heterocycles. The van der Waals surface area contributed by atoms with Crippen LogP contribution in [0.25, 0.3) is 22.3 Å². The number of carbonyl (C=O) groups is 1. The highest BCUT2D eigenvalue weighted by Gasteiger charge is 2.25. The molecule has 3 aromatic heterocycles. The number of anilines is 1. The maximum Gasteiger partial charge on any atom is 0.335 e. The monoisotopic (exact) mass is 533 g/mol. The van der Waals surface area contributed by atoms with Gasteiger partial charge in [0.1, 0.15) is 11.5 Å². The Morgan fingerprint density at radius 3 is 2.59 bits per heavy atom. The lowest BCUT2D eigenvalue weighted by atomic mass is 9.93. The Hall–Kier alpha value is -4.31. The van der Waals surface area contributed by atoms with Crippen LogP contribution in [-0.4, -0.2) is 50.2 Å². The van der Waals surface area contributed by atoms with Gasteiger partial charge >= 0.3 is 5.97 Å². The number of nitrogens with one attached hydrogen (secondary N) is 1. The molecule has 1 atom stereocenters. The lowest BCUT2D eigenvalue weighted by Crippen LogP contribution is -2.32. The van der Waals surface area contributed by atoms with Crippen molar-refractivity contribution in [1.82, 2.24) is 19.0 Å². The van der Waals surface area contributed by atoms with Crippen LogP contribution >= 0.6 is 0 Å². The molecule has 0 unspecified atom stereocenters. The molecule has 0 saturated heterocycles. The minimum atomic E-state index is -1.15. The minimum Gasteiger partial charge on any atom is -0.478 e. The molecule has 0 aliphatic carbocycles. The standard InChI is InChI=1S/C29H29F2N5O3/c1-16-11-19(29(38)39)12-21(30)27(16)18-6-9-35(10-7-18)17(2)25-13-20-24(5-8-33-28(20)34(25)4)36-15-22(31)23(32-3)14-26(36)37/h5-6,8,11-15,17,32H,7,9-10H2,1-4H3,(H,38,39)/t17-/m0/s1. The molecular weight excluding hydrogens is 504 g/mol. The van der Waals surface area contributed by atoms with Crippen LogP contribution in [0.4, 0.5) is 14.5 Å². The molecule has 0 fully saturated rings. The summed E-state index contributed by atoms with van der Waals surface area (Å²) in [6.07, 6.45) is 5.38. The van der Waals surface area contributed by atoms with Crippen LogP contribution in [0.5, 0.6) is 0 Å². The summed E-state index contributed by atoms with van der Waals surface area (Å²) in [6, 6.07) is 7.44. The van der Waals surface area contributed by atoms with Gasteiger partial charge in [0.25, 0.3) is 5.56 Å². The van der Waals surface area contributed by atoms with Crippen molar-refractivity contribution in [2.24, 2.45) is 7.05 Å². The summed E-state index contributed by atoms with van der Waals surface area (Å²) >= 11 is 0. The second kappa shape index (κ2) is 10.1. The zero-order valence-electron chi connectivity index (χ0n) is 22.1. The third kappa shape index (κ3) is 4.61. The van der Waals surface area contributed by atoms with E-state index in [1.165, 1.54) is 22.9 Å². The first-order valence-corrected chi connectivity index (χ1v) is 12.6. The summed E-state index contributed by atoms with van der Waals surface area (Å²) in [5.41, 5.74) is 3.81. The molecule has 0 amide bonds. The number of aryl methyl sites for hydroxylation is 2. The molecule has 8 nitrogen and oxygen atoms in total. The highest BCUT2D eigenvalue weighted by molar-refractivity contribution is 5.89. The number of rotatable bonds is 6. The summed E-state index contributed by atoms with van der Waals surface area (Å²) in [6.45, 7) is 5.05. The topological polar surface area (TPSA) is 92.4 Å². The smallest absolute Gasteiger partial charge is 0.335 e. The number of carboxylic acids is 1. The van der Waals surface area contributed by atoms with Gasteiger partial charge in [-0.15, -0.1) is 0 Å². The number of halogens is 2. The Labute approximate surface area is 223 Å². The van der Waals surface area contributed by atoms with Gasteiger partial charge in [-0.05, 0) is 55.7 Å². The van der Waals surface area contributed by atoms with Crippen LogP contribution < -0.4 is 10.9 Å². The lowest BCUT2D eigenvalue weighted by Gasteiger charge is -2.32. The lowest BCUT2D eigenvalue weighted by molar-refractivity contribution is 0.0696. The largest absolute Gasteiger partial charge is 0.478 e. The quantitative estimate of drug-likeness (QED) is 0.366. The fraction of sp³-hybridized carbons (Fsp3) is 0.276. The van der Waals surface area contributed by atoms with Crippen molar-refractivity contribution in [3.63, 3.8) is 0 Å². The summed E-state index contributed by atoms with van der Waals surface area (Å²) in [7, 11) is 3.47. The number of aromatic carboxylic acids is 1. The minimum absolute atomic E-state index is 0.0321. The molecule has 10 heteroatoms. The van der Waals surface area contributed by atoms with E-state index in [0.29, 0.717) is 42.0 Å². The highest BCUT2D eigenvalue weighted by Crippen LogP contribution is 2.34. The first-order valence-electron chi connectivity index (χ1n) is 12.6. The first kappa shape index (κ1) is 26.3. The molecule has 202 valence electrons. The van der Waals surface area contributed by atoms with Gasteiger partial charge in [0.05, 0.1) is 23.1 Å². The molecule has 5 rings (SSSR count). The van der Waals surface area contributed by atoms with Crippen LogP contribution in [-0.2, 0) is 7.05 Å². The Morgan fingerprint density at radius 2 is 1.95 bits per heavy atom. The van der Waals surface area contributed by atoms with E-state index in [1.54, 1.807) is 26.2 Å². The van der Waals surface area contributed by atoms with Crippen LogP contribution in [0.2, 0.25) is 0 Å². The van der Waals surface area contributed by atoms with Gasteiger partial charge in [-0.2, -0.15) is 0 Å². The highest BCUT2D eigenvalue weighted by atomic mass is 19.1. The molecule has 1 aromatic carbocycles. The van der Waals surface area contributed by atoms with Crippen LogP contribution in [0, 0.1) is 18.6 Å². The van der Waals surface area contributed by atoms with Gasteiger partial charge in [0.15, 0.2) is 5.82 Å². The van der Waals surface area contributed by atoms with Crippen molar-refractivity contribution < 1.29 is 18.7 Å². The van der Waals surface area contributed by atoms with E-state index < -0.39 is 17.6 Å². The van der Waals surface area contributed by atoms with Crippen molar-refractivity contribution in [3.05, 3.63) is 93.2 Å². The van der Waals surface area contributed by atoms with Gasteiger partial charge in [0.2, 0.25) is 0 Å². The molecular formula is C29H29F2N5O3. The number of hydrogen-bond acceptors (Lipinski definition) is 5. The fourth-order valence-electron chi connectivity index (χ4n) is 5.45. The maximum atomic E-state index is 14.8. The molecule has 39 heavy (non-hydrogen) atoms. The van der Waals surface area contributed by atoms with E-state index in [9.17, 15) is 23.5 Å². The van der Waals surface area contributed by atoms with Crippen LogP contribution in [0.15, 0.2) is 53.6 Å². The number of benzene rings is 1. The number of carboxylic acid groups (broad SMARTS) is 1. The Kier molecular flexibility index (Phi) is 6.82. The molecule has 4 heterocycles. The molecule has 4 aromatic rings. The van der Waals surface area contributed by atoms with Crippen molar-refractivity contribution in [2.75, 3.05) is 25.5 Å². The molecule has 0 bridgehead atoms. The average Bonchev–Trinajstić information content (AvgIpc) is 3.25. The third-order valence-corrected chi connectivity index (χ3v) is 7.55. The average molecular weight is 534 g/mol. The Balaban J connectivity index is 1.46. The first-order chi connectivity index (χ1) is 18.6. The van der Waals surface area contributed by atoms with E-state index in [0.717, 1.165) is 22.7 Å². The fourth-order valence-corrected chi connectivity index (χ4v) is 5.45. The van der Waals surface area contributed by atoms with E-state index in [2.05, 4.69) is 22.1 Å². The second-order valence-corrected chi connectivity index (χ2v) is 9.79. The van der Waals surface area contributed by atoms with Crippen molar-refractivity contribution in [2.45, 2.75) is 26.3 Å². The van der Waals surface area contributed by atoms with Crippen LogP contribution in [0.1, 0.15) is 46.6 Å². The van der Waals surface area contributed by atoms with Gasteiger partial charge in [0, 0.05) is 62.1 Å². The number of aromatic nitrogens is 3. The predicted octanol–water partition coefficient (Wildman–Crippen LogP) is 4.90.